The molecule has 2 rings (SSSR count). The van der Waals surface area contributed by atoms with Gasteiger partial charge in [0.25, 0.3) is 0 Å². The van der Waals surface area contributed by atoms with Crippen molar-refractivity contribution < 1.29 is 9.90 Å². The third-order valence-corrected chi connectivity index (χ3v) is 3.56. The topological polar surface area (TPSA) is 61.4 Å². The highest BCUT2D eigenvalue weighted by Gasteiger charge is 2.19. The number of hydrogen-bond donors (Lipinski definition) is 3. The monoisotopic (exact) mass is 262 g/mol. The van der Waals surface area contributed by atoms with E-state index in [0.717, 1.165) is 36.9 Å². The lowest BCUT2D eigenvalue weighted by Crippen LogP contribution is -2.46. The Morgan fingerprint density at radius 1 is 1.42 bits per heavy atom. The van der Waals surface area contributed by atoms with Crippen LogP contribution in [-0.4, -0.2) is 23.6 Å². The van der Waals surface area contributed by atoms with Crippen molar-refractivity contribution in [2.45, 2.75) is 44.9 Å². The average molecular weight is 262 g/mol. The Morgan fingerprint density at radius 2 is 2.16 bits per heavy atom. The molecule has 1 fully saturated rings. The Hall–Kier alpha value is -1.39. The predicted molar refractivity (Wildman–Crippen MR) is 74.6 cm³/mol. The summed E-state index contributed by atoms with van der Waals surface area (Å²) in [7, 11) is 0. The van der Waals surface area contributed by atoms with E-state index >= 15 is 0 Å². The molecule has 4 nitrogen and oxygen atoms in total. The molecule has 1 saturated heterocycles. The Balaban J connectivity index is 1.82. The second-order valence-corrected chi connectivity index (χ2v) is 5.14. The summed E-state index contributed by atoms with van der Waals surface area (Å²) >= 11 is 0. The first kappa shape index (κ1) is 14.0. The Labute approximate surface area is 114 Å². The van der Waals surface area contributed by atoms with Crippen molar-refractivity contribution in [1.29, 1.82) is 0 Å². The zero-order chi connectivity index (χ0) is 13.7. The molecule has 19 heavy (non-hydrogen) atoms. The van der Waals surface area contributed by atoms with Gasteiger partial charge >= 0.3 is 0 Å². The van der Waals surface area contributed by atoms with E-state index in [1.54, 1.807) is 6.92 Å². The van der Waals surface area contributed by atoms with Gasteiger partial charge in [-0.3, -0.25) is 4.79 Å². The average Bonchev–Trinajstić information content (AvgIpc) is 2.46. The van der Waals surface area contributed by atoms with Crippen LogP contribution in [-0.2, 0) is 11.3 Å². The number of amides is 1. The van der Waals surface area contributed by atoms with Crippen LogP contribution in [0.4, 0.5) is 0 Å². The largest absolute Gasteiger partial charge is 0.389 e. The molecule has 1 aliphatic heterocycles. The van der Waals surface area contributed by atoms with Crippen molar-refractivity contribution in [2.75, 3.05) is 6.54 Å². The van der Waals surface area contributed by atoms with Crippen LogP contribution >= 0.6 is 0 Å². The van der Waals surface area contributed by atoms with Crippen LogP contribution in [0, 0.1) is 0 Å². The first-order valence-corrected chi connectivity index (χ1v) is 6.95. The van der Waals surface area contributed by atoms with E-state index < -0.39 is 6.10 Å². The van der Waals surface area contributed by atoms with Crippen LogP contribution < -0.4 is 10.6 Å². The summed E-state index contributed by atoms with van der Waals surface area (Å²) in [5, 5.41) is 15.6. The molecule has 0 bridgehead atoms. The maximum Gasteiger partial charge on any atom is 0.237 e. The van der Waals surface area contributed by atoms with Gasteiger partial charge in [0.1, 0.15) is 0 Å². The van der Waals surface area contributed by atoms with Gasteiger partial charge in [0.15, 0.2) is 0 Å². The summed E-state index contributed by atoms with van der Waals surface area (Å²) in [6, 6.07) is 7.63. The van der Waals surface area contributed by atoms with Gasteiger partial charge in [-0.25, -0.2) is 0 Å². The van der Waals surface area contributed by atoms with Gasteiger partial charge in [0, 0.05) is 6.54 Å². The smallest absolute Gasteiger partial charge is 0.237 e. The summed E-state index contributed by atoms with van der Waals surface area (Å²) in [5.41, 5.74) is 1.94. The van der Waals surface area contributed by atoms with Gasteiger partial charge in [-0.05, 0) is 37.4 Å². The number of aliphatic hydroxyl groups excluding tert-OH is 1. The fourth-order valence-corrected chi connectivity index (χ4v) is 2.30. The minimum absolute atomic E-state index is 0.0366. The molecule has 2 atom stereocenters. The minimum Gasteiger partial charge on any atom is -0.389 e. The molecular weight excluding hydrogens is 240 g/mol. The molecule has 1 aliphatic rings. The normalized spacial score (nSPS) is 20.8. The first-order valence-electron chi connectivity index (χ1n) is 6.95. The molecule has 0 spiro atoms. The summed E-state index contributed by atoms with van der Waals surface area (Å²) in [6.45, 7) is 3.21. The summed E-state index contributed by atoms with van der Waals surface area (Å²) in [5.74, 6) is 0.0827. The number of hydrogen-bond acceptors (Lipinski definition) is 3. The third-order valence-electron chi connectivity index (χ3n) is 3.56. The van der Waals surface area contributed by atoms with E-state index in [0.29, 0.717) is 6.54 Å². The molecule has 1 heterocycles. The fraction of sp³-hybridized carbons (Fsp3) is 0.533. The van der Waals surface area contributed by atoms with Crippen LogP contribution in [0.3, 0.4) is 0 Å². The van der Waals surface area contributed by atoms with Crippen LogP contribution in [0.25, 0.3) is 0 Å². The zero-order valence-corrected chi connectivity index (χ0v) is 11.4. The summed E-state index contributed by atoms with van der Waals surface area (Å²) in [4.78, 5) is 11.9. The van der Waals surface area contributed by atoms with Crippen molar-refractivity contribution >= 4 is 5.91 Å². The van der Waals surface area contributed by atoms with E-state index in [2.05, 4.69) is 10.6 Å². The fourth-order valence-electron chi connectivity index (χ4n) is 2.30. The Morgan fingerprint density at radius 3 is 2.74 bits per heavy atom. The van der Waals surface area contributed by atoms with Gasteiger partial charge < -0.3 is 15.7 Å². The highest BCUT2D eigenvalue weighted by atomic mass is 16.3. The highest BCUT2D eigenvalue weighted by molar-refractivity contribution is 5.81. The SMILES string of the molecule is CC(O)c1ccc(CNC(=O)C2CCCCN2)cc1. The van der Waals surface area contributed by atoms with E-state index in [4.69, 9.17) is 0 Å². The molecular formula is C15H22N2O2. The van der Waals surface area contributed by atoms with Crippen molar-refractivity contribution in [2.24, 2.45) is 0 Å². The Bertz CT molecular complexity index is 409. The number of carbonyl (C=O) groups is 1. The quantitative estimate of drug-likeness (QED) is 0.770. The van der Waals surface area contributed by atoms with Crippen LogP contribution in [0.1, 0.15) is 43.4 Å². The van der Waals surface area contributed by atoms with E-state index in [-0.39, 0.29) is 11.9 Å². The lowest BCUT2D eigenvalue weighted by atomic mass is 10.0. The lowest BCUT2D eigenvalue weighted by molar-refractivity contribution is -0.123. The number of carbonyl (C=O) groups excluding carboxylic acids is 1. The number of aliphatic hydroxyl groups is 1. The minimum atomic E-state index is -0.449. The summed E-state index contributed by atoms with van der Waals surface area (Å²) in [6.07, 6.45) is 2.75. The molecule has 3 N–H and O–H groups in total. The molecule has 1 aromatic carbocycles. The maximum atomic E-state index is 11.9. The number of piperidine rings is 1. The van der Waals surface area contributed by atoms with Gasteiger partial charge in [0.2, 0.25) is 5.91 Å². The van der Waals surface area contributed by atoms with Gasteiger partial charge in [-0.15, -0.1) is 0 Å². The molecule has 1 aromatic rings. The number of benzene rings is 1. The van der Waals surface area contributed by atoms with Crippen LogP contribution in [0.5, 0.6) is 0 Å². The van der Waals surface area contributed by atoms with Crippen LogP contribution in [0.2, 0.25) is 0 Å². The molecule has 4 heteroatoms. The Kier molecular flexibility index (Phi) is 4.93. The molecule has 104 valence electrons. The standard InChI is InChI=1S/C15H22N2O2/c1-11(18)13-7-5-12(6-8-13)10-17-15(19)14-4-2-3-9-16-14/h5-8,11,14,16,18H,2-4,9-10H2,1H3,(H,17,19). The maximum absolute atomic E-state index is 11.9. The second kappa shape index (κ2) is 6.68. The highest BCUT2D eigenvalue weighted by Crippen LogP contribution is 2.13. The first-order chi connectivity index (χ1) is 9.16. The lowest BCUT2D eigenvalue weighted by Gasteiger charge is -2.22. The van der Waals surface area contributed by atoms with Gasteiger partial charge in [0.05, 0.1) is 12.1 Å². The summed E-state index contributed by atoms with van der Waals surface area (Å²) < 4.78 is 0. The molecule has 0 radical (unpaired) electrons. The van der Waals surface area contributed by atoms with Crippen molar-refractivity contribution in [3.63, 3.8) is 0 Å². The molecule has 2 unspecified atom stereocenters. The molecule has 0 saturated carbocycles. The van der Waals surface area contributed by atoms with Crippen molar-refractivity contribution in [3.8, 4) is 0 Å². The number of nitrogens with one attached hydrogen (secondary N) is 2. The molecule has 0 aliphatic carbocycles. The molecule has 1 amide bonds. The van der Waals surface area contributed by atoms with E-state index in [1.165, 1.54) is 0 Å². The van der Waals surface area contributed by atoms with Gasteiger partial charge in [-0.2, -0.15) is 0 Å². The third kappa shape index (κ3) is 4.04. The number of rotatable bonds is 4. The van der Waals surface area contributed by atoms with E-state index in [1.807, 2.05) is 24.3 Å². The second-order valence-electron chi connectivity index (χ2n) is 5.14. The van der Waals surface area contributed by atoms with Gasteiger partial charge in [-0.1, -0.05) is 30.7 Å². The predicted octanol–water partition coefficient (Wildman–Crippen LogP) is 1.50. The van der Waals surface area contributed by atoms with Crippen LogP contribution in [0.15, 0.2) is 24.3 Å². The zero-order valence-electron chi connectivity index (χ0n) is 11.4. The van der Waals surface area contributed by atoms with E-state index in [9.17, 15) is 9.90 Å². The molecule has 0 aromatic heterocycles. The van der Waals surface area contributed by atoms with Crippen molar-refractivity contribution in [3.05, 3.63) is 35.4 Å². The van der Waals surface area contributed by atoms with Crippen molar-refractivity contribution in [1.82, 2.24) is 10.6 Å².